The molecule has 112 valence electrons. The molecule has 1 aliphatic heterocycles. The lowest BCUT2D eigenvalue weighted by Gasteiger charge is -2.18. The number of nitrogens with one attached hydrogen (secondary N) is 2. The Labute approximate surface area is 119 Å². The van der Waals surface area contributed by atoms with Gasteiger partial charge in [-0.25, -0.2) is 8.42 Å². The van der Waals surface area contributed by atoms with Gasteiger partial charge in [0.1, 0.15) is 10.6 Å². The summed E-state index contributed by atoms with van der Waals surface area (Å²) in [6.45, 7) is 2.42. The Morgan fingerprint density at radius 2 is 2.10 bits per heavy atom. The number of nitrogens with zero attached hydrogens (tertiary/aromatic N) is 2. The molecule has 0 aromatic carbocycles. The predicted molar refractivity (Wildman–Crippen MR) is 75.0 cm³/mol. The molecule has 1 aromatic heterocycles. The van der Waals surface area contributed by atoms with E-state index < -0.39 is 10.0 Å². The molecule has 2 heterocycles. The quantitative estimate of drug-likeness (QED) is 0.778. The fourth-order valence-electron chi connectivity index (χ4n) is 2.24. The number of aromatic nitrogens is 1. The Morgan fingerprint density at radius 3 is 2.80 bits per heavy atom. The van der Waals surface area contributed by atoms with Crippen LogP contribution in [0, 0.1) is 0 Å². The summed E-state index contributed by atoms with van der Waals surface area (Å²) in [5, 5.41) is 5.67. The SMILES string of the molecule is CNC(=O)c1cc(S(=O)(=O)N2CCCNCC2)cn1C. The molecule has 7 nitrogen and oxygen atoms in total. The Kier molecular flexibility index (Phi) is 4.46. The van der Waals surface area contributed by atoms with Gasteiger partial charge in [0.2, 0.25) is 10.0 Å². The topological polar surface area (TPSA) is 83.4 Å². The zero-order chi connectivity index (χ0) is 14.8. The van der Waals surface area contributed by atoms with Gasteiger partial charge in [-0.05, 0) is 19.0 Å². The van der Waals surface area contributed by atoms with Crippen LogP contribution in [0.2, 0.25) is 0 Å². The van der Waals surface area contributed by atoms with Crippen LogP contribution in [0.5, 0.6) is 0 Å². The van der Waals surface area contributed by atoms with E-state index in [2.05, 4.69) is 10.6 Å². The van der Waals surface area contributed by atoms with Crippen LogP contribution in [-0.2, 0) is 17.1 Å². The Bertz CT molecular complexity index is 586. The molecule has 0 aliphatic carbocycles. The number of amides is 1. The van der Waals surface area contributed by atoms with Crippen molar-refractivity contribution in [1.82, 2.24) is 19.5 Å². The van der Waals surface area contributed by atoms with Gasteiger partial charge in [-0.1, -0.05) is 0 Å². The van der Waals surface area contributed by atoms with Crippen molar-refractivity contribution in [2.24, 2.45) is 7.05 Å². The average molecular weight is 300 g/mol. The number of aryl methyl sites for hydroxylation is 1. The van der Waals surface area contributed by atoms with Gasteiger partial charge in [-0.2, -0.15) is 4.31 Å². The van der Waals surface area contributed by atoms with Crippen molar-refractivity contribution < 1.29 is 13.2 Å². The third kappa shape index (κ3) is 2.87. The molecular weight excluding hydrogens is 280 g/mol. The number of hydrogen-bond donors (Lipinski definition) is 2. The molecule has 0 saturated carbocycles. The lowest BCUT2D eigenvalue weighted by molar-refractivity contribution is 0.0955. The predicted octanol–water partition coefficient (Wildman–Crippen LogP) is -0.631. The summed E-state index contributed by atoms with van der Waals surface area (Å²) < 4.78 is 28.1. The summed E-state index contributed by atoms with van der Waals surface area (Å²) in [6, 6.07) is 1.42. The lowest BCUT2D eigenvalue weighted by Crippen LogP contribution is -2.34. The highest BCUT2D eigenvalue weighted by atomic mass is 32.2. The normalized spacial score (nSPS) is 17.7. The number of rotatable bonds is 3. The van der Waals surface area contributed by atoms with Gasteiger partial charge in [0, 0.05) is 39.9 Å². The summed E-state index contributed by atoms with van der Waals surface area (Å²) in [7, 11) is -0.358. The van der Waals surface area contributed by atoms with E-state index in [0.29, 0.717) is 25.3 Å². The first-order valence-corrected chi connectivity index (χ1v) is 8.00. The van der Waals surface area contributed by atoms with Crippen LogP contribution in [0.15, 0.2) is 17.2 Å². The first kappa shape index (κ1) is 15.0. The minimum Gasteiger partial charge on any atom is -0.354 e. The van der Waals surface area contributed by atoms with E-state index in [-0.39, 0.29) is 10.8 Å². The lowest BCUT2D eigenvalue weighted by atomic mass is 10.4. The molecule has 0 atom stereocenters. The van der Waals surface area contributed by atoms with Gasteiger partial charge < -0.3 is 15.2 Å². The molecule has 1 amide bonds. The van der Waals surface area contributed by atoms with E-state index >= 15 is 0 Å². The summed E-state index contributed by atoms with van der Waals surface area (Å²) in [5.41, 5.74) is 0.332. The number of carbonyl (C=O) groups is 1. The highest BCUT2D eigenvalue weighted by Crippen LogP contribution is 2.19. The van der Waals surface area contributed by atoms with Crippen LogP contribution in [0.25, 0.3) is 0 Å². The fourth-order valence-corrected chi connectivity index (χ4v) is 3.79. The Hall–Kier alpha value is -1.38. The van der Waals surface area contributed by atoms with Gasteiger partial charge >= 0.3 is 0 Å². The molecule has 1 aliphatic rings. The van der Waals surface area contributed by atoms with E-state index in [1.807, 2.05) is 0 Å². The molecule has 0 spiro atoms. The second kappa shape index (κ2) is 5.94. The van der Waals surface area contributed by atoms with Crippen LogP contribution in [0.4, 0.5) is 0 Å². The monoisotopic (exact) mass is 300 g/mol. The van der Waals surface area contributed by atoms with Crippen molar-refractivity contribution in [3.8, 4) is 0 Å². The van der Waals surface area contributed by atoms with E-state index in [1.54, 1.807) is 7.05 Å². The number of carbonyl (C=O) groups excluding carboxylic acids is 1. The van der Waals surface area contributed by atoms with Crippen LogP contribution >= 0.6 is 0 Å². The van der Waals surface area contributed by atoms with Crippen LogP contribution in [0.1, 0.15) is 16.9 Å². The van der Waals surface area contributed by atoms with Crippen LogP contribution in [0.3, 0.4) is 0 Å². The maximum absolute atomic E-state index is 12.6. The van der Waals surface area contributed by atoms with Gasteiger partial charge in [0.05, 0.1) is 0 Å². The second-order valence-electron chi connectivity index (χ2n) is 4.76. The molecule has 0 bridgehead atoms. The third-order valence-corrected chi connectivity index (χ3v) is 5.24. The van der Waals surface area contributed by atoms with Crippen molar-refractivity contribution in [3.63, 3.8) is 0 Å². The highest BCUT2D eigenvalue weighted by Gasteiger charge is 2.27. The summed E-state index contributed by atoms with van der Waals surface area (Å²) in [4.78, 5) is 11.8. The minimum atomic E-state index is -3.54. The highest BCUT2D eigenvalue weighted by molar-refractivity contribution is 7.89. The van der Waals surface area contributed by atoms with Crippen molar-refractivity contribution in [2.45, 2.75) is 11.3 Å². The number of sulfonamides is 1. The van der Waals surface area contributed by atoms with Crippen molar-refractivity contribution in [3.05, 3.63) is 18.0 Å². The molecular formula is C12H20N4O3S. The van der Waals surface area contributed by atoms with E-state index in [4.69, 9.17) is 0 Å². The molecule has 0 unspecified atom stereocenters. The summed E-state index contributed by atoms with van der Waals surface area (Å²) in [5.74, 6) is -0.300. The molecule has 0 radical (unpaired) electrons. The molecule has 1 aromatic rings. The second-order valence-corrected chi connectivity index (χ2v) is 6.70. The standard InChI is InChI=1S/C12H20N4O3S/c1-13-12(17)11-8-10(9-15(11)2)20(18,19)16-6-3-4-14-5-7-16/h8-9,14H,3-7H2,1-2H3,(H,13,17). The van der Waals surface area contributed by atoms with Gasteiger partial charge in [0.15, 0.2) is 0 Å². The first-order valence-electron chi connectivity index (χ1n) is 6.56. The summed E-state index contributed by atoms with van der Waals surface area (Å²) in [6.07, 6.45) is 2.27. The largest absolute Gasteiger partial charge is 0.354 e. The van der Waals surface area contributed by atoms with Gasteiger partial charge in [-0.15, -0.1) is 0 Å². The van der Waals surface area contributed by atoms with Crippen LogP contribution in [-0.4, -0.2) is 56.4 Å². The fraction of sp³-hybridized carbons (Fsp3) is 0.583. The minimum absolute atomic E-state index is 0.167. The van der Waals surface area contributed by atoms with E-state index in [9.17, 15) is 13.2 Å². The maximum atomic E-state index is 12.6. The molecule has 2 N–H and O–H groups in total. The summed E-state index contributed by atoms with van der Waals surface area (Å²) >= 11 is 0. The molecule has 20 heavy (non-hydrogen) atoms. The zero-order valence-electron chi connectivity index (χ0n) is 11.7. The number of hydrogen-bond acceptors (Lipinski definition) is 4. The van der Waals surface area contributed by atoms with E-state index in [1.165, 1.54) is 28.2 Å². The van der Waals surface area contributed by atoms with Crippen LogP contribution < -0.4 is 10.6 Å². The van der Waals surface area contributed by atoms with Gasteiger partial charge in [0.25, 0.3) is 5.91 Å². The van der Waals surface area contributed by atoms with Crippen molar-refractivity contribution in [1.29, 1.82) is 0 Å². The Morgan fingerprint density at radius 1 is 1.35 bits per heavy atom. The third-order valence-electron chi connectivity index (χ3n) is 3.38. The molecule has 1 fully saturated rings. The maximum Gasteiger partial charge on any atom is 0.267 e. The van der Waals surface area contributed by atoms with Crippen molar-refractivity contribution in [2.75, 3.05) is 33.2 Å². The van der Waals surface area contributed by atoms with E-state index in [0.717, 1.165) is 13.0 Å². The smallest absolute Gasteiger partial charge is 0.267 e. The zero-order valence-corrected chi connectivity index (χ0v) is 12.5. The average Bonchev–Trinajstić information content (AvgIpc) is 2.66. The molecule has 1 saturated heterocycles. The Balaban J connectivity index is 2.31. The first-order chi connectivity index (χ1) is 9.46. The molecule has 8 heteroatoms. The van der Waals surface area contributed by atoms with Crippen molar-refractivity contribution >= 4 is 15.9 Å². The van der Waals surface area contributed by atoms with Gasteiger partial charge in [-0.3, -0.25) is 4.79 Å². The molecule has 2 rings (SSSR count).